The van der Waals surface area contributed by atoms with E-state index in [1.165, 1.54) is 22.3 Å². The van der Waals surface area contributed by atoms with Gasteiger partial charge in [0.15, 0.2) is 5.52 Å². The predicted octanol–water partition coefficient (Wildman–Crippen LogP) is 2.38. The van der Waals surface area contributed by atoms with Gasteiger partial charge in [-0.2, -0.15) is 4.40 Å². The van der Waals surface area contributed by atoms with Crippen molar-refractivity contribution in [2.75, 3.05) is 0 Å². The van der Waals surface area contributed by atoms with Crippen LogP contribution in [0.25, 0.3) is 16.5 Å². The summed E-state index contributed by atoms with van der Waals surface area (Å²) < 4.78 is 9.94. The van der Waals surface area contributed by atoms with E-state index in [-0.39, 0.29) is 0 Å². The van der Waals surface area contributed by atoms with E-state index in [1.807, 2.05) is 12.3 Å². The molecule has 82 valence electrons. The summed E-state index contributed by atoms with van der Waals surface area (Å²) in [6, 6.07) is 2.04. The van der Waals surface area contributed by atoms with Crippen molar-refractivity contribution in [3.05, 3.63) is 36.1 Å². The highest BCUT2D eigenvalue weighted by molar-refractivity contribution is 5.94. The van der Waals surface area contributed by atoms with Crippen molar-refractivity contribution >= 4 is 16.5 Å². The zero-order valence-corrected chi connectivity index (χ0v) is 9.82. The fraction of sp³-hybridized carbons (Fsp3) is 0.308. The molecule has 0 N–H and O–H groups in total. The summed E-state index contributed by atoms with van der Waals surface area (Å²) in [5.41, 5.74) is 3.38. The van der Waals surface area contributed by atoms with E-state index in [1.54, 1.807) is 0 Å². The highest BCUT2D eigenvalue weighted by Crippen LogP contribution is 2.25. The van der Waals surface area contributed by atoms with Gasteiger partial charge < -0.3 is 4.42 Å². The summed E-state index contributed by atoms with van der Waals surface area (Å²) in [6.45, 7) is 4.26. The van der Waals surface area contributed by atoms with Crippen LogP contribution < -0.4 is 4.57 Å². The number of rotatable bonds is 1. The maximum absolute atomic E-state index is 5.52. The summed E-state index contributed by atoms with van der Waals surface area (Å²) in [7, 11) is 2.09. The molecule has 3 nitrogen and oxygen atoms in total. The normalized spacial score (nSPS) is 11.7. The van der Waals surface area contributed by atoms with Gasteiger partial charge in [0, 0.05) is 12.5 Å². The average molecular weight is 215 g/mol. The molecule has 0 bridgehead atoms. The molecular weight excluding hydrogens is 200 g/mol. The van der Waals surface area contributed by atoms with Crippen LogP contribution in [0.5, 0.6) is 0 Å². The Morgan fingerprint density at radius 1 is 1.44 bits per heavy atom. The SMILES string of the molecule is CCc1n2ccc3occ(C)c3c2c[n+]1C. The van der Waals surface area contributed by atoms with Crippen molar-refractivity contribution in [3.8, 4) is 0 Å². The first-order valence-electron chi connectivity index (χ1n) is 5.58. The van der Waals surface area contributed by atoms with Gasteiger partial charge in [0.1, 0.15) is 18.0 Å². The second-order valence-corrected chi connectivity index (χ2v) is 4.24. The van der Waals surface area contributed by atoms with Crippen molar-refractivity contribution < 1.29 is 8.98 Å². The smallest absolute Gasteiger partial charge is 0.261 e. The van der Waals surface area contributed by atoms with E-state index < -0.39 is 0 Å². The molecule has 0 aliphatic heterocycles. The van der Waals surface area contributed by atoms with Gasteiger partial charge >= 0.3 is 0 Å². The molecule has 16 heavy (non-hydrogen) atoms. The first kappa shape index (κ1) is 9.46. The number of fused-ring (bicyclic) bond motifs is 3. The fourth-order valence-corrected chi connectivity index (χ4v) is 2.46. The van der Waals surface area contributed by atoms with Gasteiger partial charge in [-0.1, -0.05) is 6.92 Å². The summed E-state index contributed by atoms with van der Waals surface area (Å²) in [4.78, 5) is 0. The second-order valence-electron chi connectivity index (χ2n) is 4.24. The summed E-state index contributed by atoms with van der Waals surface area (Å²) in [5, 5.41) is 1.22. The fourth-order valence-electron chi connectivity index (χ4n) is 2.46. The zero-order valence-electron chi connectivity index (χ0n) is 9.82. The third-order valence-corrected chi connectivity index (χ3v) is 3.21. The molecular formula is C13H15N2O+. The molecule has 3 heteroatoms. The van der Waals surface area contributed by atoms with E-state index in [9.17, 15) is 0 Å². The molecule has 0 aromatic carbocycles. The van der Waals surface area contributed by atoms with Crippen LogP contribution in [0.4, 0.5) is 0 Å². The number of furan rings is 1. The Hall–Kier alpha value is -1.77. The van der Waals surface area contributed by atoms with Crippen molar-refractivity contribution in [2.24, 2.45) is 7.05 Å². The van der Waals surface area contributed by atoms with E-state index in [0.29, 0.717) is 0 Å². The van der Waals surface area contributed by atoms with Gasteiger partial charge in [-0.3, -0.25) is 0 Å². The molecule has 0 spiro atoms. The van der Waals surface area contributed by atoms with Crippen molar-refractivity contribution in [2.45, 2.75) is 20.3 Å². The maximum Gasteiger partial charge on any atom is 0.261 e. The number of hydrogen-bond acceptors (Lipinski definition) is 1. The Bertz CT molecular complexity index is 676. The van der Waals surface area contributed by atoms with Gasteiger partial charge in [-0.05, 0) is 12.5 Å². The van der Waals surface area contributed by atoms with Crippen LogP contribution in [0.1, 0.15) is 18.3 Å². The zero-order chi connectivity index (χ0) is 11.3. The van der Waals surface area contributed by atoms with Crippen LogP contribution in [0, 0.1) is 6.92 Å². The van der Waals surface area contributed by atoms with E-state index in [4.69, 9.17) is 4.42 Å². The van der Waals surface area contributed by atoms with E-state index in [0.717, 1.165) is 12.0 Å². The lowest BCUT2D eigenvalue weighted by Gasteiger charge is -1.93. The van der Waals surface area contributed by atoms with Gasteiger partial charge in [0.25, 0.3) is 5.82 Å². The molecule has 0 atom stereocenters. The number of aryl methyl sites for hydroxylation is 3. The molecule has 3 heterocycles. The van der Waals surface area contributed by atoms with Crippen molar-refractivity contribution in [3.63, 3.8) is 0 Å². The highest BCUT2D eigenvalue weighted by atomic mass is 16.3. The monoisotopic (exact) mass is 215 g/mol. The van der Waals surface area contributed by atoms with E-state index in [2.05, 4.69) is 42.3 Å². The molecule has 0 unspecified atom stereocenters. The lowest BCUT2D eigenvalue weighted by atomic mass is 10.2. The molecule has 0 aliphatic carbocycles. The lowest BCUT2D eigenvalue weighted by molar-refractivity contribution is -0.677. The number of pyridine rings is 1. The Morgan fingerprint density at radius 2 is 2.25 bits per heavy atom. The Morgan fingerprint density at radius 3 is 3.00 bits per heavy atom. The lowest BCUT2D eigenvalue weighted by Crippen LogP contribution is -2.30. The molecule has 3 aromatic heterocycles. The van der Waals surface area contributed by atoms with Crippen LogP contribution >= 0.6 is 0 Å². The Balaban J connectivity index is 2.56. The molecule has 3 aromatic rings. The van der Waals surface area contributed by atoms with E-state index >= 15 is 0 Å². The first-order valence-corrected chi connectivity index (χ1v) is 5.58. The third-order valence-electron chi connectivity index (χ3n) is 3.21. The summed E-state index contributed by atoms with van der Waals surface area (Å²) in [6.07, 6.45) is 7.10. The summed E-state index contributed by atoms with van der Waals surface area (Å²) >= 11 is 0. The predicted molar refractivity (Wildman–Crippen MR) is 62.5 cm³/mol. The minimum absolute atomic E-state index is 0.964. The van der Waals surface area contributed by atoms with Gasteiger partial charge in [0.2, 0.25) is 0 Å². The van der Waals surface area contributed by atoms with Crippen molar-refractivity contribution in [1.29, 1.82) is 0 Å². The van der Waals surface area contributed by atoms with Crippen LogP contribution in [-0.2, 0) is 13.5 Å². The molecule has 0 amide bonds. The number of imidazole rings is 1. The highest BCUT2D eigenvalue weighted by Gasteiger charge is 2.18. The molecule has 0 radical (unpaired) electrons. The second kappa shape index (κ2) is 3.11. The minimum Gasteiger partial charge on any atom is -0.464 e. The third kappa shape index (κ3) is 1.06. The molecule has 0 saturated carbocycles. The van der Waals surface area contributed by atoms with Crippen LogP contribution in [0.15, 0.2) is 29.1 Å². The van der Waals surface area contributed by atoms with Crippen LogP contribution in [0.3, 0.4) is 0 Å². The number of hydrogen-bond donors (Lipinski definition) is 0. The molecule has 3 rings (SSSR count). The van der Waals surface area contributed by atoms with Crippen molar-refractivity contribution in [1.82, 2.24) is 4.40 Å². The van der Waals surface area contributed by atoms with Gasteiger partial charge in [-0.25, -0.2) is 4.57 Å². The first-order chi connectivity index (χ1) is 7.72. The minimum atomic E-state index is 0.964. The van der Waals surface area contributed by atoms with Gasteiger partial charge in [-0.15, -0.1) is 0 Å². The molecule has 0 aliphatic rings. The Labute approximate surface area is 93.9 Å². The largest absolute Gasteiger partial charge is 0.464 e. The van der Waals surface area contributed by atoms with Crippen LogP contribution in [-0.4, -0.2) is 4.40 Å². The summed E-state index contributed by atoms with van der Waals surface area (Å²) in [5.74, 6) is 1.30. The quantitative estimate of drug-likeness (QED) is 0.571. The Kier molecular flexibility index (Phi) is 1.84. The molecule has 0 fully saturated rings. The average Bonchev–Trinajstić information content (AvgIpc) is 2.78. The number of aromatic nitrogens is 2. The molecule has 0 saturated heterocycles. The topological polar surface area (TPSA) is 21.4 Å². The van der Waals surface area contributed by atoms with Crippen LogP contribution in [0.2, 0.25) is 0 Å². The maximum atomic E-state index is 5.52. The van der Waals surface area contributed by atoms with Gasteiger partial charge in [0.05, 0.1) is 18.7 Å². The number of nitrogens with zero attached hydrogens (tertiary/aromatic N) is 2. The standard InChI is InChI=1S/C13H15N2O/c1-4-12-14(3)7-10-13-9(2)8-16-11(13)5-6-15(10)12/h5-8H,4H2,1-3H3/q+1.